The molecule has 34 heteroatoms. The number of anilines is 2. The molecule has 0 unspecified atom stereocenters. The highest BCUT2D eigenvalue weighted by atomic mass is 35.5. The Morgan fingerprint density at radius 2 is 1.15 bits per heavy atom. The highest BCUT2D eigenvalue weighted by Gasteiger charge is 2.46. The third kappa shape index (κ3) is 16.2. The van der Waals surface area contributed by atoms with E-state index in [0.29, 0.717) is 113 Å². The molecule has 9 heterocycles. The number of amides is 4. The Bertz CT molecular complexity index is 5080. The smallest absolute Gasteiger partial charge is 0.347 e. The first-order valence-corrected chi connectivity index (χ1v) is 36.7. The van der Waals surface area contributed by atoms with Crippen molar-refractivity contribution >= 4 is 105 Å². The van der Waals surface area contributed by atoms with E-state index in [1.165, 1.54) is 136 Å². The number of carbonyl (C=O) groups excluding carboxylic acids is 4. The van der Waals surface area contributed by atoms with E-state index in [2.05, 4.69) is 35.4 Å². The number of hydrogen-bond donors (Lipinski definition) is 4. The number of halogens is 7. The molecule has 14 rings (SSSR count). The molecule has 4 N–H and O–H groups in total. The van der Waals surface area contributed by atoms with Crippen LogP contribution in [0.15, 0.2) is 166 Å². The number of carboxylic acids is 2. The largest absolute Gasteiger partial charge is 0.481 e. The van der Waals surface area contributed by atoms with Crippen LogP contribution in [0.4, 0.5) is 43.0 Å². The maximum Gasteiger partial charge on any atom is 0.347 e. The van der Waals surface area contributed by atoms with Crippen molar-refractivity contribution in [1.29, 1.82) is 0 Å². The van der Waals surface area contributed by atoms with Crippen molar-refractivity contribution in [2.24, 2.45) is 4.99 Å². The third-order valence-corrected chi connectivity index (χ3v) is 21.6. The number of hydrogen-bond acceptors (Lipinski definition) is 21. The van der Waals surface area contributed by atoms with Gasteiger partial charge in [-0.15, -0.1) is 22.7 Å². The summed E-state index contributed by atoms with van der Waals surface area (Å²) in [7, 11) is 2.56. The number of piperazine rings is 2. The predicted molar refractivity (Wildman–Crippen MR) is 397 cm³/mol. The molecule has 110 heavy (non-hydrogen) atoms. The number of amidine groups is 1. The summed E-state index contributed by atoms with van der Waals surface area (Å²) in [6.45, 7) is 9.21. The molecular formula is C76H69Cl2F5N12O13S2. The second kappa shape index (κ2) is 31.9. The number of allylic oxidation sites excluding steroid dienone is 1. The van der Waals surface area contributed by atoms with E-state index in [0.717, 1.165) is 24.3 Å². The second-order valence-electron chi connectivity index (χ2n) is 27.2. The quantitative estimate of drug-likeness (QED) is 0.0384. The molecule has 0 radical (unpaired) electrons. The molecule has 4 atom stereocenters. The lowest BCUT2D eigenvalue weighted by atomic mass is 9.85. The van der Waals surface area contributed by atoms with E-state index in [-0.39, 0.29) is 87.3 Å². The second-order valence-corrected chi connectivity index (χ2v) is 29.8. The Labute approximate surface area is 644 Å². The molecule has 4 amide bonds. The molecule has 572 valence electrons. The van der Waals surface area contributed by atoms with E-state index >= 15 is 4.39 Å². The van der Waals surface area contributed by atoms with Gasteiger partial charge in [-0.25, -0.2) is 60.9 Å². The van der Waals surface area contributed by atoms with Gasteiger partial charge in [-0.1, -0.05) is 41.4 Å². The molecule has 4 fully saturated rings. The Morgan fingerprint density at radius 3 is 1.71 bits per heavy atom. The summed E-state index contributed by atoms with van der Waals surface area (Å²) < 4.78 is 101. The van der Waals surface area contributed by atoms with Gasteiger partial charge in [-0.05, 0) is 118 Å². The molecule has 0 spiro atoms. The van der Waals surface area contributed by atoms with E-state index in [1.807, 2.05) is 11.5 Å². The lowest BCUT2D eigenvalue weighted by Gasteiger charge is -2.38. The molecule has 25 nitrogen and oxygen atoms in total. The number of esters is 2. The summed E-state index contributed by atoms with van der Waals surface area (Å²) >= 11 is 15.8. The Hall–Kier alpha value is -11.0. The SMILES string of the molecule is COC(=O)C1=C(CN2CCN3C(=O)N(c4ccc(Oc5ccc(C(C)(C)C(=O)O)cc5F)cn4)C[C@@H]3C2)NC(c2nccs2)=C[C@H]1c1ccc(F)cc1Cl.COC(=O)C1=C(CN2CCN3C(=O)N(c4ccc(Oc5ccc(OC(C)(C)C(=O)O)cc5F)cc4F)C[C@@H]3C2)NC(c2nccs2)=N[C@H]1c1ccc(F)cc1Cl. The van der Waals surface area contributed by atoms with Crippen LogP contribution in [-0.2, 0) is 34.1 Å². The van der Waals surface area contributed by atoms with Crippen LogP contribution < -0.4 is 34.6 Å². The van der Waals surface area contributed by atoms with Crippen LogP contribution in [-0.4, -0.2) is 184 Å². The van der Waals surface area contributed by atoms with Crippen LogP contribution in [0.2, 0.25) is 10.0 Å². The average molecular weight is 1590 g/mol. The number of dihydropyridines is 1. The first-order chi connectivity index (χ1) is 52.5. The zero-order chi connectivity index (χ0) is 78.2. The van der Waals surface area contributed by atoms with Gasteiger partial charge in [-0.3, -0.25) is 29.4 Å². The molecule has 0 aliphatic carbocycles. The first kappa shape index (κ1) is 77.1. The van der Waals surface area contributed by atoms with Crippen molar-refractivity contribution in [3.63, 3.8) is 0 Å². The van der Waals surface area contributed by atoms with Gasteiger partial charge in [0.1, 0.15) is 45.8 Å². The lowest BCUT2D eigenvalue weighted by molar-refractivity contribution is -0.152. The number of nitrogens with one attached hydrogen (secondary N) is 2. The summed E-state index contributed by atoms with van der Waals surface area (Å²) in [5, 5.41) is 30.6. The van der Waals surface area contributed by atoms with Crippen LogP contribution in [0, 0.1) is 29.1 Å². The molecule has 0 bridgehead atoms. The van der Waals surface area contributed by atoms with E-state index in [9.17, 15) is 56.5 Å². The Kier molecular flexibility index (Phi) is 22.4. The number of rotatable bonds is 21. The van der Waals surface area contributed by atoms with Crippen molar-refractivity contribution < 1.29 is 84.6 Å². The molecule has 8 aromatic rings. The Balaban J connectivity index is 0.000000193. The summed E-state index contributed by atoms with van der Waals surface area (Å²) in [5.74, 6) is -6.94. The van der Waals surface area contributed by atoms with Crippen molar-refractivity contribution in [3.05, 3.63) is 227 Å². The van der Waals surface area contributed by atoms with Crippen molar-refractivity contribution in [3.8, 4) is 28.7 Å². The minimum atomic E-state index is -1.60. The number of carboxylic acid groups (broad SMARTS) is 2. The monoisotopic (exact) mass is 1590 g/mol. The number of aliphatic imine (C=N–C) groups is 1. The van der Waals surface area contributed by atoms with E-state index in [1.54, 1.807) is 50.7 Å². The molecule has 0 saturated carbocycles. The predicted octanol–water partition coefficient (Wildman–Crippen LogP) is 12.8. The van der Waals surface area contributed by atoms with Crippen LogP contribution in [0.25, 0.3) is 5.70 Å². The number of nitrogens with zero attached hydrogens (tertiary/aromatic N) is 10. The van der Waals surface area contributed by atoms with Gasteiger partial charge in [0.15, 0.2) is 45.4 Å². The number of thiazole rings is 2. The number of benzene rings is 5. The van der Waals surface area contributed by atoms with Gasteiger partial charge in [0.05, 0.1) is 67.0 Å². The molecule has 4 saturated heterocycles. The number of carbonyl (C=O) groups is 6. The zero-order valence-corrected chi connectivity index (χ0v) is 62.6. The standard InChI is InChI=1S/C38H34ClF3N6O7S.C38H35ClF2N6O6S/c1-38(2,36(50)51)55-23-6-9-30(27(42)16-23)54-22-5-8-29(26(41)15-22)48-18-21-17-46(11-12-47(21)37(48)52)19-28-31(35(49)53-3)32(24-7-4-20(40)14-25(24)39)45-33(44-28)34-43-10-13-56-34;1-38(2,36(49)50)21-4-8-31(28(41)14-21)53-24-6-9-32(43-17-24)47-19-23-18-45(11-12-46(23)37(47)51)20-30-33(35(48)52-3)26(25-7-5-22(40)15-27(25)39)16-29(44-30)34-42-10-13-54-34/h4-10,13-16,21,32H,11-12,17-19H2,1-3H3,(H,44,45)(H,50,51);4-10,13-17,23,26,44H,11-12,18-20H2,1-3H3,(H,49,50)/t21-,32-;23-,26-/m00/s1. The average Bonchev–Trinajstić information content (AvgIpc) is 1.34. The van der Waals surface area contributed by atoms with Gasteiger partial charge in [0, 0.05) is 127 Å². The molecule has 5 aromatic carbocycles. The summed E-state index contributed by atoms with van der Waals surface area (Å²) in [6.07, 6.45) is 6.55. The number of urea groups is 2. The fourth-order valence-corrected chi connectivity index (χ4v) is 15.3. The van der Waals surface area contributed by atoms with E-state index < -0.39 is 75.9 Å². The number of aromatic nitrogens is 3. The van der Waals surface area contributed by atoms with Crippen LogP contribution in [0.1, 0.15) is 66.4 Å². The first-order valence-electron chi connectivity index (χ1n) is 34.2. The van der Waals surface area contributed by atoms with Crippen molar-refractivity contribution in [1.82, 2.24) is 45.2 Å². The summed E-state index contributed by atoms with van der Waals surface area (Å²) in [6, 6.07) is 20.5. The number of methoxy groups -OCH3 is 2. The zero-order valence-electron chi connectivity index (χ0n) is 59.5. The Morgan fingerprint density at radius 1 is 0.591 bits per heavy atom. The van der Waals surface area contributed by atoms with Crippen molar-refractivity contribution in [2.75, 3.05) is 89.5 Å². The third-order valence-electron chi connectivity index (χ3n) is 19.3. The minimum absolute atomic E-state index is 0.0105. The van der Waals surface area contributed by atoms with Crippen molar-refractivity contribution in [2.45, 2.75) is 62.8 Å². The summed E-state index contributed by atoms with van der Waals surface area (Å²) in [5.41, 5.74) is 0.627. The van der Waals surface area contributed by atoms with Crippen LogP contribution >= 0.6 is 45.9 Å². The van der Waals surface area contributed by atoms with Gasteiger partial charge < -0.3 is 54.3 Å². The number of aliphatic carboxylic acids is 2. The number of pyridine rings is 1. The molecule has 3 aromatic heterocycles. The van der Waals surface area contributed by atoms with Gasteiger partial charge >= 0.3 is 35.9 Å². The summed E-state index contributed by atoms with van der Waals surface area (Å²) in [4.78, 5) is 105. The molecule has 6 aliphatic heterocycles. The number of fused-ring (bicyclic) bond motifs is 2. The highest BCUT2D eigenvalue weighted by molar-refractivity contribution is 7.11. The van der Waals surface area contributed by atoms with Crippen LogP contribution in [0.5, 0.6) is 28.7 Å². The minimum Gasteiger partial charge on any atom is -0.481 e. The molecular weight excluding hydrogens is 1520 g/mol. The maximum atomic E-state index is 15.6. The number of ether oxygens (including phenoxy) is 5. The maximum absolute atomic E-state index is 15.6. The topological polar surface area (TPSA) is 284 Å². The van der Waals surface area contributed by atoms with Crippen LogP contribution in [0.3, 0.4) is 0 Å². The van der Waals surface area contributed by atoms with Gasteiger partial charge in [-0.2, -0.15) is 0 Å². The van der Waals surface area contributed by atoms with Gasteiger partial charge in [0.25, 0.3) is 0 Å². The highest BCUT2D eigenvalue weighted by Crippen LogP contribution is 2.43. The van der Waals surface area contributed by atoms with E-state index in [4.69, 9.17) is 51.9 Å². The fraction of sp³-hybridized carbons (Fsp3) is 0.289. The van der Waals surface area contributed by atoms with Gasteiger partial charge in [0.2, 0.25) is 0 Å². The lowest BCUT2D eigenvalue weighted by Crippen LogP contribution is -2.53. The normalized spacial score (nSPS) is 18.8. The molecule has 6 aliphatic rings. The fourth-order valence-electron chi connectivity index (χ4n) is 13.5.